The molecule has 6 nitrogen and oxygen atoms in total. The number of alkyl halides is 3. The van der Waals surface area contributed by atoms with Crippen molar-refractivity contribution in [3.63, 3.8) is 0 Å². The average Bonchev–Trinajstić information content (AvgIpc) is 2.17. The van der Waals surface area contributed by atoms with Gasteiger partial charge in [0.15, 0.2) is 10.6 Å². The van der Waals surface area contributed by atoms with Gasteiger partial charge in [0.2, 0.25) is 15.9 Å². The first kappa shape index (κ1) is 14.5. The second kappa shape index (κ2) is 4.61. The monoisotopic (exact) mass is 286 g/mol. The fourth-order valence-corrected chi connectivity index (χ4v) is 2.03. The molecule has 1 rings (SSSR count). The van der Waals surface area contributed by atoms with Crippen LogP contribution >= 0.6 is 0 Å². The molecule has 0 atom stereocenters. The van der Waals surface area contributed by atoms with Crippen molar-refractivity contribution in [1.29, 1.82) is 0 Å². The molecule has 0 spiro atoms. The van der Waals surface area contributed by atoms with Gasteiger partial charge in [-0.25, -0.2) is 18.5 Å². The molecule has 0 radical (unpaired) electrons. The number of aryl methyl sites for hydroxylation is 1. The van der Waals surface area contributed by atoms with Gasteiger partial charge in [-0.1, -0.05) is 0 Å². The number of methoxy groups -OCH3 is 1. The van der Waals surface area contributed by atoms with E-state index < -0.39 is 32.9 Å². The molecule has 1 aromatic heterocycles. The van der Waals surface area contributed by atoms with Crippen molar-refractivity contribution >= 4 is 10.0 Å². The van der Waals surface area contributed by atoms with Crippen molar-refractivity contribution < 1.29 is 31.1 Å². The minimum absolute atomic E-state index is 0.142. The zero-order chi connectivity index (χ0) is 14.1. The number of hydrogen-bond donors (Lipinski definition) is 1. The van der Waals surface area contributed by atoms with Gasteiger partial charge in [-0.3, -0.25) is 0 Å². The molecule has 0 bridgehead atoms. The quantitative estimate of drug-likeness (QED) is 0.893. The van der Waals surface area contributed by atoms with Crippen LogP contribution in [0.25, 0.3) is 0 Å². The second-order valence-corrected chi connectivity index (χ2v) is 4.70. The lowest BCUT2D eigenvalue weighted by atomic mass is 10.3. The number of primary sulfonamides is 1. The number of sulfonamides is 1. The molecule has 1 heterocycles. The van der Waals surface area contributed by atoms with E-state index in [0.29, 0.717) is 0 Å². The summed E-state index contributed by atoms with van der Waals surface area (Å²) in [7, 11) is -3.44. The Hall–Kier alpha value is -1.55. The van der Waals surface area contributed by atoms with Crippen LogP contribution < -0.4 is 14.6 Å². The Bertz CT molecular complexity index is 556. The third-order valence-electron chi connectivity index (χ3n) is 1.83. The lowest BCUT2D eigenvalue weighted by Crippen LogP contribution is -2.22. The molecule has 0 fully saturated rings. The van der Waals surface area contributed by atoms with Crippen molar-refractivity contribution in [3.05, 3.63) is 11.8 Å². The van der Waals surface area contributed by atoms with E-state index in [1.54, 1.807) is 0 Å². The van der Waals surface area contributed by atoms with Crippen LogP contribution in [-0.2, 0) is 10.0 Å². The maximum Gasteiger partial charge on any atom is 0.573 e. The summed E-state index contributed by atoms with van der Waals surface area (Å²) in [5, 5.41) is 4.83. The maximum absolute atomic E-state index is 12.2. The smallest absolute Gasteiger partial charge is 0.480 e. The first-order valence-electron chi connectivity index (χ1n) is 4.38. The van der Waals surface area contributed by atoms with Crippen molar-refractivity contribution in [2.45, 2.75) is 18.2 Å². The molecular formula is C8H9F3N2O4S. The van der Waals surface area contributed by atoms with Crippen LogP contribution in [0.1, 0.15) is 5.56 Å². The highest BCUT2D eigenvalue weighted by molar-refractivity contribution is 7.89. The van der Waals surface area contributed by atoms with Crippen LogP contribution in [0.5, 0.6) is 11.6 Å². The third kappa shape index (κ3) is 3.23. The van der Waals surface area contributed by atoms with Crippen LogP contribution in [0.4, 0.5) is 13.2 Å². The van der Waals surface area contributed by atoms with Gasteiger partial charge in [0.25, 0.3) is 0 Å². The fraction of sp³-hybridized carbons (Fsp3) is 0.375. The van der Waals surface area contributed by atoms with Crippen LogP contribution in [0.2, 0.25) is 0 Å². The molecular weight excluding hydrogens is 277 g/mol. The number of halogens is 3. The van der Waals surface area contributed by atoms with E-state index in [-0.39, 0.29) is 5.56 Å². The first-order valence-corrected chi connectivity index (χ1v) is 5.93. The third-order valence-corrected chi connectivity index (χ3v) is 2.76. The van der Waals surface area contributed by atoms with E-state index in [9.17, 15) is 21.6 Å². The van der Waals surface area contributed by atoms with E-state index in [1.165, 1.54) is 6.92 Å². The molecule has 0 saturated heterocycles. The number of nitrogens with zero attached hydrogens (tertiary/aromatic N) is 1. The number of aromatic nitrogens is 1. The van der Waals surface area contributed by atoms with Crippen molar-refractivity contribution in [2.24, 2.45) is 5.14 Å². The number of ether oxygens (including phenoxy) is 2. The van der Waals surface area contributed by atoms with Gasteiger partial charge in [-0.15, -0.1) is 13.2 Å². The Balaban J connectivity index is 3.57. The SMILES string of the molecule is COc1ncc(C)c(OC(F)(F)F)c1S(N)(=O)=O. The normalized spacial score (nSPS) is 12.3. The van der Waals surface area contributed by atoms with Crippen LogP contribution in [0.3, 0.4) is 0 Å². The molecule has 1 aromatic rings. The molecule has 0 amide bonds. The molecule has 0 aliphatic rings. The predicted octanol–water partition coefficient (Wildman–Crippen LogP) is 0.945. The Morgan fingerprint density at radius 2 is 1.94 bits per heavy atom. The van der Waals surface area contributed by atoms with Crippen molar-refractivity contribution in [3.8, 4) is 11.6 Å². The number of rotatable bonds is 3. The van der Waals surface area contributed by atoms with E-state index in [1.807, 2.05) is 0 Å². The van der Waals surface area contributed by atoms with E-state index in [0.717, 1.165) is 13.3 Å². The summed E-state index contributed by atoms with van der Waals surface area (Å²) in [6, 6.07) is 0. The molecule has 102 valence electrons. The van der Waals surface area contributed by atoms with Gasteiger partial charge in [0.05, 0.1) is 7.11 Å². The molecule has 0 saturated carbocycles. The summed E-state index contributed by atoms with van der Waals surface area (Å²) in [6.45, 7) is 1.20. The van der Waals surface area contributed by atoms with Crippen molar-refractivity contribution in [2.75, 3.05) is 7.11 Å². The molecule has 10 heteroatoms. The summed E-state index contributed by atoms with van der Waals surface area (Å²) in [5.41, 5.74) is -0.142. The Morgan fingerprint density at radius 3 is 2.33 bits per heavy atom. The Labute approximate surface area is 101 Å². The summed E-state index contributed by atoms with van der Waals surface area (Å²) in [6.07, 6.45) is -4.08. The predicted molar refractivity (Wildman–Crippen MR) is 53.6 cm³/mol. The second-order valence-electron chi connectivity index (χ2n) is 3.20. The lowest BCUT2D eigenvalue weighted by Gasteiger charge is -2.15. The van der Waals surface area contributed by atoms with Gasteiger partial charge in [-0.05, 0) is 6.92 Å². The standard InChI is InChI=1S/C8H9F3N2O4S/c1-4-3-13-7(16-2)6(18(12,14)15)5(4)17-8(9,10)11/h3H,1-2H3,(H2,12,14,15). The molecule has 0 aliphatic heterocycles. The fourth-order valence-electron chi connectivity index (χ4n) is 1.19. The lowest BCUT2D eigenvalue weighted by molar-refractivity contribution is -0.275. The zero-order valence-electron chi connectivity index (χ0n) is 9.28. The largest absolute Gasteiger partial charge is 0.573 e. The Morgan fingerprint density at radius 1 is 1.39 bits per heavy atom. The van der Waals surface area contributed by atoms with Crippen LogP contribution in [-0.4, -0.2) is 26.9 Å². The van der Waals surface area contributed by atoms with E-state index >= 15 is 0 Å². The van der Waals surface area contributed by atoms with Crippen molar-refractivity contribution in [1.82, 2.24) is 4.98 Å². The highest BCUT2D eigenvalue weighted by Gasteiger charge is 2.36. The highest BCUT2D eigenvalue weighted by atomic mass is 32.2. The topological polar surface area (TPSA) is 91.5 Å². The number of hydrogen-bond acceptors (Lipinski definition) is 5. The van der Waals surface area contributed by atoms with E-state index in [2.05, 4.69) is 14.5 Å². The van der Waals surface area contributed by atoms with Gasteiger partial charge in [-0.2, -0.15) is 0 Å². The highest BCUT2D eigenvalue weighted by Crippen LogP contribution is 2.36. The molecule has 18 heavy (non-hydrogen) atoms. The van der Waals surface area contributed by atoms with Crippen LogP contribution in [0.15, 0.2) is 11.1 Å². The zero-order valence-corrected chi connectivity index (χ0v) is 10.1. The maximum atomic E-state index is 12.2. The summed E-state index contributed by atoms with van der Waals surface area (Å²) in [5.74, 6) is -1.51. The van der Waals surface area contributed by atoms with Gasteiger partial charge >= 0.3 is 6.36 Å². The van der Waals surface area contributed by atoms with E-state index in [4.69, 9.17) is 5.14 Å². The number of pyridine rings is 1. The number of nitrogens with two attached hydrogens (primary N) is 1. The summed E-state index contributed by atoms with van der Waals surface area (Å²) < 4.78 is 67.4. The minimum Gasteiger partial charge on any atom is -0.480 e. The van der Waals surface area contributed by atoms with Crippen LogP contribution in [0, 0.1) is 6.92 Å². The van der Waals surface area contributed by atoms with Gasteiger partial charge < -0.3 is 9.47 Å². The first-order chi connectivity index (χ1) is 8.06. The molecule has 0 aliphatic carbocycles. The minimum atomic E-state index is -5.06. The summed E-state index contributed by atoms with van der Waals surface area (Å²) >= 11 is 0. The van der Waals surface area contributed by atoms with Gasteiger partial charge in [0.1, 0.15) is 0 Å². The average molecular weight is 286 g/mol. The molecule has 2 N–H and O–H groups in total. The molecule has 0 unspecified atom stereocenters. The molecule has 0 aromatic carbocycles. The summed E-state index contributed by atoms with van der Waals surface area (Å²) in [4.78, 5) is 2.58. The van der Waals surface area contributed by atoms with Gasteiger partial charge in [0, 0.05) is 11.8 Å². The Kier molecular flexibility index (Phi) is 3.72.